The molecule has 2 aromatic heterocycles. The van der Waals surface area contributed by atoms with Crippen molar-refractivity contribution in [2.24, 2.45) is 0 Å². The normalized spacial score (nSPS) is 17.5. The predicted molar refractivity (Wildman–Crippen MR) is 120 cm³/mol. The Morgan fingerprint density at radius 3 is 2.58 bits per heavy atom. The van der Waals surface area contributed by atoms with Crippen LogP contribution in [0.15, 0.2) is 48.9 Å². The van der Waals surface area contributed by atoms with Gasteiger partial charge in [-0.1, -0.05) is 6.07 Å². The summed E-state index contributed by atoms with van der Waals surface area (Å²) in [6, 6.07) is 8.54. The lowest BCUT2D eigenvalue weighted by atomic mass is 10.0. The van der Waals surface area contributed by atoms with Crippen LogP contribution in [0.25, 0.3) is 11.1 Å². The topological polar surface area (TPSA) is 110 Å². The van der Waals surface area contributed by atoms with E-state index in [2.05, 4.69) is 10.1 Å². The van der Waals surface area contributed by atoms with E-state index >= 15 is 0 Å². The summed E-state index contributed by atoms with van der Waals surface area (Å²) in [7, 11) is 1.50. The number of ether oxygens (including phenoxy) is 2. The number of methoxy groups -OCH3 is 1. The molecule has 0 spiro atoms. The van der Waals surface area contributed by atoms with Crippen LogP contribution < -0.4 is 19.3 Å². The molecule has 10 nitrogen and oxygen atoms in total. The first-order valence-corrected chi connectivity index (χ1v) is 10.6. The molecule has 1 N–H and O–H groups in total. The summed E-state index contributed by atoms with van der Waals surface area (Å²) in [5, 5.41) is 14.2. The van der Waals surface area contributed by atoms with Crippen LogP contribution in [0.4, 0.5) is 21.0 Å². The van der Waals surface area contributed by atoms with Gasteiger partial charge in [-0.05, 0) is 43.5 Å². The van der Waals surface area contributed by atoms with Crippen molar-refractivity contribution in [3.8, 4) is 22.8 Å². The number of carboxylic acid groups (broad SMARTS) is 1. The SMILES string of the molecule is COc1ccc(OC(=O)N2C[C@H](C)N(C(=O)O)c3ccc(-c4cnn(C5CC5)c4)cc32)cn1. The van der Waals surface area contributed by atoms with Crippen LogP contribution in [-0.4, -0.2) is 51.8 Å². The van der Waals surface area contributed by atoms with Gasteiger partial charge in [-0.15, -0.1) is 0 Å². The molecule has 1 saturated carbocycles. The zero-order valence-corrected chi connectivity index (χ0v) is 18.2. The van der Waals surface area contributed by atoms with E-state index in [-0.39, 0.29) is 12.3 Å². The molecule has 5 rings (SSSR count). The maximum absolute atomic E-state index is 13.1. The Kier molecular flexibility index (Phi) is 5.12. The molecule has 1 fully saturated rings. The molecule has 2 amide bonds. The summed E-state index contributed by atoms with van der Waals surface area (Å²) < 4.78 is 12.5. The first-order chi connectivity index (χ1) is 15.9. The van der Waals surface area contributed by atoms with Crippen LogP contribution in [0.1, 0.15) is 25.8 Å². The molecule has 1 aliphatic carbocycles. The highest BCUT2D eigenvalue weighted by molar-refractivity contribution is 6.01. The van der Waals surface area contributed by atoms with Crippen molar-refractivity contribution in [2.75, 3.05) is 23.5 Å². The summed E-state index contributed by atoms with van der Waals surface area (Å²) in [6.07, 6.45) is 5.71. The number of amides is 2. The number of rotatable bonds is 4. The number of benzene rings is 1. The zero-order valence-electron chi connectivity index (χ0n) is 18.2. The summed E-state index contributed by atoms with van der Waals surface area (Å²) >= 11 is 0. The number of carbonyl (C=O) groups is 2. The van der Waals surface area contributed by atoms with Crippen LogP contribution in [0, 0.1) is 0 Å². The highest BCUT2D eigenvalue weighted by atomic mass is 16.6. The molecule has 10 heteroatoms. The molecule has 1 atom stereocenters. The van der Waals surface area contributed by atoms with Gasteiger partial charge in [0.05, 0.1) is 49.5 Å². The Morgan fingerprint density at radius 2 is 1.91 bits per heavy atom. The van der Waals surface area contributed by atoms with E-state index in [0.717, 1.165) is 24.0 Å². The number of nitrogens with zero attached hydrogens (tertiary/aromatic N) is 5. The van der Waals surface area contributed by atoms with Crippen LogP contribution in [0.5, 0.6) is 11.6 Å². The van der Waals surface area contributed by atoms with E-state index in [0.29, 0.717) is 23.3 Å². The van der Waals surface area contributed by atoms with Crippen LogP contribution in [0.3, 0.4) is 0 Å². The maximum Gasteiger partial charge on any atom is 0.419 e. The summed E-state index contributed by atoms with van der Waals surface area (Å²) in [5.74, 6) is 0.665. The van der Waals surface area contributed by atoms with Crippen molar-refractivity contribution in [1.29, 1.82) is 0 Å². The molecular formula is C23H23N5O5. The number of carbonyl (C=O) groups excluding carboxylic acids is 1. The van der Waals surface area contributed by atoms with Crippen LogP contribution >= 0.6 is 0 Å². The Labute approximate surface area is 190 Å². The second-order valence-electron chi connectivity index (χ2n) is 8.16. The van der Waals surface area contributed by atoms with Crippen molar-refractivity contribution in [3.05, 3.63) is 48.9 Å². The molecule has 3 aromatic rings. The average Bonchev–Trinajstić information content (AvgIpc) is 3.54. The quantitative estimate of drug-likeness (QED) is 0.636. The third-order valence-electron chi connectivity index (χ3n) is 5.82. The van der Waals surface area contributed by atoms with E-state index in [1.807, 2.05) is 16.9 Å². The molecule has 3 heterocycles. The van der Waals surface area contributed by atoms with Crippen molar-refractivity contribution in [3.63, 3.8) is 0 Å². The largest absolute Gasteiger partial charge is 0.481 e. The summed E-state index contributed by atoms with van der Waals surface area (Å²) in [6.45, 7) is 1.90. The Hall–Kier alpha value is -4.08. The third-order valence-corrected chi connectivity index (χ3v) is 5.82. The second-order valence-corrected chi connectivity index (χ2v) is 8.16. The molecule has 0 radical (unpaired) electrons. The molecule has 1 aromatic carbocycles. The van der Waals surface area contributed by atoms with Crippen molar-refractivity contribution >= 4 is 23.6 Å². The fourth-order valence-corrected chi connectivity index (χ4v) is 4.00. The molecule has 2 aliphatic rings. The lowest BCUT2D eigenvalue weighted by Crippen LogP contribution is -2.52. The van der Waals surface area contributed by atoms with Gasteiger partial charge in [0.15, 0.2) is 5.75 Å². The predicted octanol–water partition coefficient (Wildman–Crippen LogP) is 4.18. The van der Waals surface area contributed by atoms with E-state index < -0.39 is 18.2 Å². The molecule has 0 bridgehead atoms. The first kappa shape index (κ1) is 20.8. The number of anilines is 2. The van der Waals surface area contributed by atoms with Crippen LogP contribution in [-0.2, 0) is 0 Å². The summed E-state index contributed by atoms with van der Waals surface area (Å²) in [4.78, 5) is 31.9. The van der Waals surface area contributed by atoms with Gasteiger partial charge in [0, 0.05) is 17.8 Å². The first-order valence-electron chi connectivity index (χ1n) is 10.6. The molecular weight excluding hydrogens is 426 g/mol. The summed E-state index contributed by atoms with van der Waals surface area (Å²) in [5.41, 5.74) is 2.62. The van der Waals surface area contributed by atoms with Crippen LogP contribution in [0.2, 0.25) is 0 Å². The van der Waals surface area contributed by atoms with Gasteiger partial charge in [-0.25, -0.2) is 14.6 Å². The lowest BCUT2D eigenvalue weighted by Gasteiger charge is -2.39. The minimum Gasteiger partial charge on any atom is -0.481 e. The average molecular weight is 449 g/mol. The van der Waals surface area contributed by atoms with Gasteiger partial charge in [0.25, 0.3) is 0 Å². The molecule has 33 heavy (non-hydrogen) atoms. The number of aromatic nitrogens is 3. The fourth-order valence-electron chi connectivity index (χ4n) is 4.00. The van der Waals surface area contributed by atoms with Crippen molar-refractivity contribution < 1.29 is 24.2 Å². The molecule has 0 saturated heterocycles. The second kappa shape index (κ2) is 8.12. The number of hydrogen-bond donors (Lipinski definition) is 1. The minimum absolute atomic E-state index is 0.145. The Morgan fingerprint density at radius 1 is 1.09 bits per heavy atom. The number of hydrogen-bond acceptors (Lipinski definition) is 6. The highest BCUT2D eigenvalue weighted by Gasteiger charge is 2.36. The van der Waals surface area contributed by atoms with Gasteiger partial charge in [-0.3, -0.25) is 14.5 Å². The standard InChI is InChI=1S/C23H23N5O5/c1-14-12-26(23(31)33-18-6-8-21(32-2)24-11-18)20-9-15(3-7-19(20)28(14)22(29)30)16-10-25-27(13-16)17-4-5-17/h3,6-11,13-14,17H,4-5,12H2,1-2H3,(H,29,30)/t14-/m0/s1. The Balaban J connectivity index is 1.49. The third kappa shape index (κ3) is 3.95. The smallest absolute Gasteiger partial charge is 0.419 e. The van der Waals surface area contributed by atoms with E-state index in [9.17, 15) is 14.7 Å². The van der Waals surface area contributed by atoms with E-state index in [1.165, 1.54) is 23.1 Å². The van der Waals surface area contributed by atoms with Crippen molar-refractivity contribution in [1.82, 2.24) is 14.8 Å². The van der Waals surface area contributed by atoms with E-state index in [1.54, 1.807) is 37.4 Å². The molecule has 0 unspecified atom stereocenters. The number of fused-ring (bicyclic) bond motifs is 1. The lowest BCUT2D eigenvalue weighted by molar-refractivity contribution is 0.196. The van der Waals surface area contributed by atoms with Gasteiger partial charge in [0.1, 0.15) is 0 Å². The Bertz CT molecular complexity index is 1200. The highest BCUT2D eigenvalue weighted by Crippen LogP contribution is 2.40. The number of pyridine rings is 1. The maximum atomic E-state index is 13.1. The van der Waals surface area contributed by atoms with Crippen molar-refractivity contribution in [2.45, 2.75) is 31.8 Å². The minimum atomic E-state index is -1.08. The molecule has 1 aliphatic heterocycles. The van der Waals surface area contributed by atoms with E-state index in [4.69, 9.17) is 9.47 Å². The van der Waals surface area contributed by atoms with Gasteiger partial charge in [-0.2, -0.15) is 5.10 Å². The van der Waals surface area contributed by atoms with Gasteiger partial charge < -0.3 is 14.6 Å². The fraction of sp³-hybridized carbons (Fsp3) is 0.304. The van der Waals surface area contributed by atoms with Gasteiger partial charge >= 0.3 is 12.2 Å². The monoisotopic (exact) mass is 449 g/mol. The molecule has 170 valence electrons. The van der Waals surface area contributed by atoms with Gasteiger partial charge in [0.2, 0.25) is 5.88 Å². The zero-order chi connectivity index (χ0) is 23.1.